The molecule has 4 nitrogen and oxygen atoms in total. The van der Waals surface area contributed by atoms with Gasteiger partial charge in [-0.1, -0.05) is 6.07 Å². The van der Waals surface area contributed by atoms with Crippen LogP contribution in [0.2, 0.25) is 0 Å². The topological polar surface area (TPSA) is 51.2 Å². The van der Waals surface area contributed by atoms with Crippen LogP contribution in [-0.2, 0) is 9.53 Å². The van der Waals surface area contributed by atoms with Crippen molar-refractivity contribution >= 4 is 17.7 Å². The second-order valence-corrected chi connectivity index (χ2v) is 6.59. The number of thioether (sulfide) groups is 1. The first-order valence-electron chi connectivity index (χ1n) is 7.46. The fraction of sp³-hybridized carbons (Fsp3) is 0.625. The van der Waals surface area contributed by atoms with Crippen LogP contribution in [0.15, 0.2) is 29.4 Å². The zero-order valence-corrected chi connectivity index (χ0v) is 14.2. The maximum absolute atomic E-state index is 12.2. The molecule has 0 saturated carbocycles. The molecule has 0 spiro atoms. The van der Waals surface area contributed by atoms with E-state index in [-0.39, 0.29) is 12.0 Å². The molecule has 118 valence electrons. The number of carbonyl (C=O) groups excluding carboxylic acids is 1. The smallest absolute Gasteiger partial charge is 0.326 e. The monoisotopic (exact) mass is 310 g/mol. The van der Waals surface area contributed by atoms with Gasteiger partial charge < -0.3 is 4.74 Å². The number of aromatic nitrogens is 1. The van der Waals surface area contributed by atoms with Crippen molar-refractivity contribution in [1.29, 1.82) is 0 Å². The highest BCUT2D eigenvalue weighted by Crippen LogP contribution is 2.21. The second kappa shape index (κ2) is 9.05. The highest BCUT2D eigenvalue weighted by Gasteiger charge is 2.34. The molecule has 0 amide bonds. The lowest BCUT2D eigenvalue weighted by molar-refractivity contribution is -0.151. The first-order chi connectivity index (χ1) is 9.98. The van der Waals surface area contributed by atoms with E-state index in [2.05, 4.69) is 10.3 Å². The summed E-state index contributed by atoms with van der Waals surface area (Å²) in [4.78, 5) is 16.4. The molecule has 1 N–H and O–H groups in total. The van der Waals surface area contributed by atoms with Gasteiger partial charge in [-0.05, 0) is 58.4 Å². The lowest BCUT2D eigenvalue weighted by Gasteiger charge is -2.30. The molecule has 0 radical (unpaired) electrons. The zero-order valence-electron chi connectivity index (χ0n) is 13.4. The van der Waals surface area contributed by atoms with Gasteiger partial charge in [-0.25, -0.2) is 4.98 Å². The SMILES string of the molecule is CCOC(=O)C(C)(CCCSc1ccccn1)NC(C)C. The summed E-state index contributed by atoms with van der Waals surface area (Å²) in [5.41, 5.74) is -0.616. The number of nitrogens with one attached hydrogen (secondary N) is 1. The van der Waals surface area contributed by atoms with E-state index >= 15 is 0 Å². The molecular weight excluding hydrogens is 284 g/mol. The van der Waals surface area contributed by atoms with Gasteiger partial charge >= 0.3 is 5.97 Å². The quantitative estimate of drug-likeness (QED) is 0.431. The van der Waals surface area contributed by atoms with Crippen LogP contribution in [0.4, 0.5) is 0 Å². The maximum Gasteiger partial charge on any atom is 0.326 e. The Balaban J connectivity index is 2.47. The molecule has 0 aliphatic rings. The molecule has 1 heterocycles. The summed E-state index contributed by atoms with van der Waals surface area (Å²) in [6.07, 6.45) is 3.48. The first-order valence-corrected chi connectivity index (χ1v) is 8.45. The van der Waals surface area contributed by atoms with Crippen molar-refractivity contribution in [2.45, 2.75) is 57.1 Å². The van der Waals surface area contributed by atoms with Crippen molar-refractivity contribution in [3.05, 3.63) is 24.4 Å². The summed E-state index contributed by atoms with van der Waals surface area (Å²) in [5.74, 6) is 0.771. The number of esters is 1. The third kappa shape index (κ3) is 6.48. The Morgan fingerprint density at radius 3 is 2.81 bits per heavy atom. The van der Waals surface area contributed by atoms with Crippen LogP contribution in [0.25, 0.3) is 0 Å². The molecule has 0 aliphatic carbocycles. The van der Waals surface area contributed by atoms with Gasteiger partial charge in [0.25, 0.3) is 0 Å². The van der Waals surface area contributed by atoms with Crippen LogP contribution in [0.5, 0.6) is 0 Å². The summed E-state index contributed by atoms with van der Waals surface area (Å²) in [6, 6.07) is 6.14. The molecular formula is C16H26N2O2S. The van der Waals surface area contributed by atoms with Gasteiger partial charge in [0.2, 0.25) is 0 Å². The number of carbonyl (C=O) groups is 1. The Morgan fingerprint density at radius 2 is 2.24 bits per heavy atom. The normalized spacial score (nSPS) is 14.0. The van der Waals surface area contributed by atoms with Crippen molar-refractivity contribution in [2.24, 2.45) is 0 Å². The number of hydrogen-bond acceptors (Lipinski definition) is 5. The number of hydrogen-bond donors (Lipinski definition) is 1. The lowest BCUT2D eigenvalue weighted by atomic mass is 9.95. The first kappa shape index (κ1) is 18.0. The minimum absolute atomic E-state index is 0.165. The van der Waals surface area contributed by atoms with Gasteiger partial charge in [-0.15, -0.1) is 11.8 Å². The molecule has 1 unspecified atom stereocenters. The molecule has 0 aromatic carbocycles. The number of rotatable bonds is 9. The summed E-state index contributed by atoms with van der Waals surface area (Å²) < 4.78 is 5.20. The van der Waals surface area contributed by atoms with Crippen LogP contribution in [0.1, 0.15) is 40.5 Å². The average Bonchev–Trinajstić information content (AvgIpc) is 2.44. The van der Waals surface area contributed by atoms with E-state index < -0.39 is 5.54 Å². The molecule has 1 atom stereocenters. The molecule has 1 rings (SSSR count). The second-order valence-electron chi connectivity index (χ2n) is 5.47. The summed E-state index contributed by atoms with van der Waals surface area (Å²) in [5, 5.41) is 4.36. The third-order valence-electron chi connectivity index (χ3n) is 3.04. The van der Waals surface area contributed by atoms with E-state index in [1.54, 1.807) is 18.0 Å². The minimum atomic E-state index is -0.616. The van der Waals surface area contributed by atoms with E-state index in [1.165, 1.54) is 0 Å². The van der Waals surface area contributed by atoms with Crippen LogP contribution < -0.4 is 5.32 Å². The van der Waals surface area contributed by atoms with Crippen LogP contribution >= 0.6 is 11.8 Å². The van der Waals surface area contributed by atoms with Gasteiger partial charge in [0.1, 0.15) is 5.54 Å². The predicted octanol–water partition coefficient (Wildman–Crippen LogP) is 3.27. The summed E-state index contributed by atoms with van der Waals surface area (Å²) >= 11 is 1.71. The Hall–Kier alpha value is -1.07. The molecule has 0 bridgehead atoms. The molecule has 1 aromatic rings. The molecule has 1 aromatic heterocycles. The van der Waals surface area contributed by atoms with Crippen molar-refractivity contribution < 1.29 is 9.53 Å². The Bertz CT molecular complexity index is 426. The van der Waals surface area contributed by atoms with Crippen molar-refractivity contribution in [2.75, 3.05) is 12.4 Å². The molecule has 5 heteroatoms. The van der Waals surface area contributed by atoms with Crippen LogP contribution in [0.3, 0.4) is 0 Å². The number of pyridine rings is 1. The van der Waals surface area contributed by atoms with Gasteiger partial charge in [-0.3, -0.25) is 10.1 Å². The van der Waals surface area contributed by atoms with E-state index in [0.29, 0.717) is 6.61 Å². The van der Waals surface area contributed by atoms with Crippen molar-refractivity contribution in [1.82, 2.24) is 10.3 Å². The highest BCUT2D eigenvalue weighted by atomic mass is 32.2. The largest absolute Gasteiger partial charge is 0.465 e. The van der Waals surface area contributed by atoms with E-state index in [1.807, 2.05) is 45.9 Å². The fourth-order valence-corrected chi connectivity index (χ4v) is 3.00. The Morgan fingerprint density at radius 1 is 1.48 bits per heavy atom. The van der Waals surface area contributed by atoms with Crippen LogP contribution in [0, 0.1) is 0 Å². The van der Waals surface area contributed by atoms with Gasteiger partial charge in [0.05, 0.1) is 11.6 Å². The standard InChI is InChI=1S/C16H26N2O2S/c1-5-20-15(19)16(4,18-13(2)3)10-8-12-21-14-9-6-7-11-17-14/h6-7,9,11,13,18H,5,8,10,12H2,1-4H3. The number of ether oxygens (including phenoxy) is 1. The van der Waals surface area contributed by atoms with Crippen LogP contribution in [-0.4, -0.2) is 34.9 Å². The zero-order chi connectivity index (χ0) is 15.7. The minimum Gasteiger partial charge on any atom is -0.465 e. The summed E-state index contributed by atoms with van der Waals surface area (Å²) in [6.45, 7) is 8.26. The van der Waals surface area contributed by atoms with Gasteiger partial charge in [0, 0.05) is 12.2 Å². The highest BCUT2D eigenvalue weighted by molar-refractivity contribution is 7.99. The molecule has 0 saturated heterocycles. The molecule has 21 heavy (non-hydrogen) atoms. The Labute approximate surface area is 132 Å². The average molecular weight is 310 g/mol. The number of nitrogens with zero attached hydrogens (tertiary/aromatic N) is 1. The fourth-order valence-electron chi connectivity index (χ4n) is 2.20. The predicted molar refractivity (Wildman–Crippen MR) is 87.5 cm³/mol. The van der Waals surface area contributed by atoms with Gasteiger partial charge in [-0.2, -0.15) is 0 Å². The molecule has 0 fully saturated rings. The van der Waals surface area contributed by atoms with E-state index in [0.717, 1.165) is 23.6 Å². The van der Waals surface area contributed by atoms with Crippen molar-refractivity contribution in [3.8, 4) is 0 Å². The van der Waals surface area contributed by atoms with E-state index in [9.17, 15) is 4.79 Å². The van der Waals surface area contributed by atoms with Gasteiger partial charge in [0.15, 0.2) is 0 Å². The van der Waals surface area contributed by atoms with E-state index in [4.69, 9.17) is 4.74 Å². The third-order valence-corrected chi connectivity index (χ3v) is 4.07. The Kier molecular flexibility index (Phi) is 7.75. The molecule has 0 aliphatic heterocycles. The maximum atomic E-state index is 12.2. The lowest BCUT2D eigenvalue weighted by Crippen LogP contribution is -2.53. The summed E-state index contributed by atoms with van der Waals surface area (Å²) in [7, 11) is 0. The van der Waals surface area contributed by atoms with Crippen molar-refractivity contribution in [3.63, 3.8) is 0 Å².